The molecule has 2 amide bonds. The summed E-state index contributed by atoms with van der Waals surface area (Å²) in [4.78, 5) is 29.6. The van der Waals surface area contributed by atoms with Crippen LogP contribution in [0.3, 0.4) is 0 Å². The molecule has 1 heterocycles. The third-order valence-electron chi connectivity index (χ3n) is 4.01. The second-order valence-electron chi connectivity index (χ2n) is 5.92. The van der Waals surface area contributed by atoms with E-state index in [2.05, 4.69) is 10.8 Å². The average Bonchev–Trinajstić information content (AvgIpc) is 2.66. The Morgan fingerprint density at radius 3 is 2.65 bits per heavy atom. The summed E-state index contributed by atoms with van der Waals surface area (Å²) in [6.07, 6.45) is 0.294. The van der Waals surface area contributed by atoms with E-state index in [0.717, 1.165) is 5.56 Å². The zero-order valence-corrected chi connectivity index (χ0v) is 14.8. The molecule has 1 saturated heterocycles. The number of hydroxylamine groups is 1. The van der Waals surface area contributed by atoms with Crippen LogP contribution in [0.2, 0.25) is 0 Å². The molecule has 1 aliphatic heterocycles. The Labute approximate surface area is 155 Å². The Kier molecular flexibility index (Phi) is 6.25. The van der Waals surface area contributed by atoms with Crippen LogP contribution < -0.4 is 10.8 Å². The molecule has 2 aromatic rings. The highest BCUT2D eigenvalue weighted by atomic mass is 32.2. The maximum absolute atomic E-state index is 13.7. The van der Waals surface area contributed by atoms with Crippen LogP contribution in [-0.2, 0) is 27.5 Å². The van der Waals surface area contributed by atoms with E-state index >= 15 is 0 Å². The summed E-state index contributed by atoms with van der Waals surface area (Å²) in [6, 6.07) is 15.2. The first-order chi connectivity index (χ1) is 12.6. The quantitative estimate of drug-likeness (QED) is 0.761. The van der Waals surface area contributed by atoms with Crippen LogP contribution in [-0.4, -0.2) is 28.9 Å². The Balaban J connectivity index is 1.46. The van der Waals surface area contributed by atoms with Gasteiger partial charge in [-0.25, -0.2) is 9.87 Å². The third kappa shape index (κ3) is 4.83. The Morgan fingerprint density at radius 1 is 1.19 bits per heavy atom. The highest BCUT2D eigenvalue weighted by Gasteiger charge is 2.32. The lowest BCUT2D eigenvalue weighted by atomic mass is 10.1. The monoisotopic (exact) mass is 374 g/mol. The molecule has 0 spiro atoms. The van der Waals surface area contributed by atoms with E-state index in [-0.39, 0.29) is 18.3 Å². The van der Waals surface area contributed by atoms with Gasteiger partial charge in [0, 0.05) is 5.75 Å². The van der Waals surface area contributed by atoms with Crippen LogP contribution in [0.4, 0.5) is 4.39 Å². The third-order valence-corrected chi connectivity index (χ3v) is 5.32. The van der Waals surface area contributed by atoms with Gasteiger partial charge in [-0.1, -0.05) is 48.5 Å². The van der Waals surface area contributed by atoms with Crippen molar-refractivity contribution in [2.24, 2.45) is 0 Å². The molecule has 1 aliphatic rings. The molecular weight excluding hydrogens is 355 g/mol. The van der Waals surface area contributed by atoms with Crippen LogP contribution in [0.5, 0.6) is 0 Å². The van der Waals surface area contributed by atoms with Crippen molar-refractivity contribution < 1.29 is 18.8 Å². The van der Waals surface area contributed by atoms with Gasteiger partial charge in [0.15, 0.2) is 0 Å². The number of carbonyl (C=O) groups is 2. The second kappa shape index (κ2) is 8.82. The summed E-state index contributed by atoms with van der Waals surface area (Å²) >= 11 is 1.35. The van der Waals surface area contributed by atoms with E-state index < -0.39 is 17.2 Å². The van der Waals surface area contributed by atoms with E-state index in [1.165, 1.54) is 17.8 Å². The molecule has 136 valence electrons. The molecule has 0 radical (unpaired) electrons. The summed E-state index contributed by atoms with van der Waals surface area (Å²) in [5.74, 6) is -0.584. The van der Waals surface area contributed by atoms with Crippen molar-refractivity contribution in [3.63, 3.8) is 0 Å². The van der Waals surface area contributed by atoms with Crippen molar-refractivity contribution in [2.45, 2.75) is 24.3 Å². The summed E-state index contributed by atoms with van der Waals surface area (Å²) in [5, 5.41) is 2.26. The number of nitrogens with one attached hydrogen (secondary N) is 2. The van der Waals surface area contributed by atoms with E-state index in [9.17, 15) is 14.0 Å². The minimum Gasteiger partial charge on any atom is -0.342 e. The van der Waals surface area contributed by atoms with E-state index in [1.54, 1.807) is 18.2 Å². The molecule has 2 atom stereocenters. The van der Waals surface area contributed by atoms with Crippen molar-refractivity contribution in [3.8, 4) is 0 Å². The van der Waals surface area contributed by atoms with Gasteiger partial charge in [-0.15, -0.1) is 11.8 Å². The van der Waals surface area contributed by atoms with Gasteiger partial charge in [0.1, 0.15) is 11.9 Å². The van der Waals surface area contributed by atoms with Gasteiger partial charge in [-0.2, -0.15) is 0 Å². The minimum atomic E-state index is -0.667. The number of hydrogen-bond acceptors (Lipinski definition) is 4. The first-order valence-electron chi connectivity index (χ1n) is 8.24. The standard InChI is InChI=1S/C19H19FN2O3S/c20-15-9-5-4-8-14(15)10-17-19(24)21-16(12-26-17)18(23)22-25-11-13-6-2-1-3-7-13/h1-9,16-17H,10-12H2,(H,21,24)(H,22,23)/t16-,17+/m1/s1. The maximum Gasteiger partial charge on any atom is 0.266 e. The second-order valence-corrected chi connectivity index (χ2v) is 7.15. The molecule has 2 aromatic carbocycles. The maximum atomic E-state index is 13.7. The molecule has 0 unspecified atom stereocenters. The average molecular weight is 374 g/mol. The zero-order chi connectivity index (χ0) is 18.4. The Morgan fingerprint density at radius 2 is 1.92 bits per heavy atom. The van der Waals surface area contributed by atoms with Crippen molar-refractivity contribution in [1.29, 1.82) is 0 Å². The van der Waals surface area contributed by atoms with Crippen molar-refractivity contribution in [3.05, 3.63) is 71.5 Å². The lowest BCUT2D eigenvalue weighted by Gasteiger charge is -2.28. The fourth-order valence-corrected chi connectivity index (χ4v) is 3.76. The van der Waals surface area contributed by atoms with Gasteiger partial charge in [-0.3, -0.25) is 14.4 Å². The summed E-state index contributed by atoms with van der Waals surface area (Å²) in [5.41, 5.74) is 3.79. The zero-order valence-electron chi connectivity index (χ0n) is 14.0. The van der Waals surface area contributed by atoms with Crippen molar-refractivity contribution in [2.75, 3.05) is 5.75 Å². The number of rotatable bonds is 6. The molecule has 0 saturated carbocycles. The molecule has 5 nitrogen and oxygen atoms in total. The smallest absolute Gasteiger partial charge is 0.266 e. The predicted molar refractivity (Wildman–Crippen MR) is 97.7 cm³/mol. The number of halogens is 1. The molecule has 7 heteroatoms. The lowest BCUT2D eigenvalue weighted by molar-refractivity contribution is -0.138. The summed E-state index contributed by atoms with van der Waals surface area (Å²) in [7, 11) is 0. The van der Waals surface area contributed by atoms with Gasteiger partial charge in [0.05, 0.1) is 11.9 Å². The molecule has 3 rings (SSSR count). The van der Waals surface area contributed by atoms with Gasteiger partial charge < -0.3 is 5.32 Å². The van der Waals surface area contributed by atoms with Crippen LogP contribution >= 0.6 is 11.8 Å². The van der Waals surface area contributed by atoms with E-state index in [0.29, 0.717) is 17.7 Å². The van der Waals surface area contributed by atoms with Gasteiger partial charge >= 0.3 is 0 Å². The number of hydrogen-bond donors (Lipinski definition) is 2. The lowest BCUT2D eigenvalue weighted by Crippen LogP contribution is -2.54. The number of amides is 2. The predicted octanol–water partition coefficient (Wildman–Crippen LogP) is 2.22. The first kappa shape index (κ1) is 18.4. The molecule has 0 aromatic heterocycles. The number of benzene rings is 2. The summed E-state index contributed by atoms with van der Waals surface area (Å²) < 4.78 is 13.7. The summed E-state index contributed by atoms with van der Waals surface area (Å²) in [6.45, 7) is 0.246. The van der Waals surface area contributed by atoms with Gasteiger partial charge in [0.2, 0.25) is 5.91 Å². The highest BCUT2D eigenvalue weighted by Crippen LogP contribution is 2.23. The fourth-order valence-electron chi connectivity index (χ4n) is 2.59. The number of carbonyl (C=O) groups excluding carboxylic acids is 2. The Hall–Kier alpha value is -2.38. The first-order valence-corrected chi connectivity index (χ1v) is 9.29. The van der Waals surface area contributed by atoms with Crippen LogP contribution in [0.15, 0.2) is 54.6 Å². The SMILES string of the molecule is O=C1N[C@@H](C(=O)NOCc2ccccc2)CS[C@H]1Cc1ccccc1F. The van der Waals surface area contributed by atoms with E-state index in [4.69, 9.17) is 4.84 Å². The van der Waals surface area contributed by atoms with Crippen LogP contribution in [0, 0.1) is 5.82 Å². The molecular formula is C19H19FN2O3S. The largest absolute Gasteiger partial charge is 0.342 e. The van der Waals surface area contributed by atoms with Gasteiger partial charge in [-0.05, 0) is 23.6 Å². The van der Waals surface area contributed by atoms with Crippen LogP contribution in [0.25, 0.3) is 0 Å². The normalized spacial score (nSPS) is 19.7. The number of thioether (sulfide) groups is 1. The van der Waals surface area contributed by atoms with Crippen molar-refractivity contribution >= 4 is 23.6 Å². The molecule has 26 heavy (non-hydrogen) atoms. The molecule has 1 fully saturated rings. The molecule has 0 bridgehead atoms. The van der Waals surface area contributed by atoms with Crippen LogP contribution in [0.1, 0.15) is 11.1 Å². The fraction of sp³-hybridized carbons (Fsp3) is 0.263. The van der Waals surface area contributed by atoms with Gasteiger partial charge in [0.25, 0.3) is 5.91 Å². The Bertz CT molecular complexity index is 772. The van der Waals surface area contributed by atoms with Crippen molar-refractivity contribution in [1.82, 2.24) is 10.8 Å². The molecule has 0 aliphatic carbocycles. The minimum absolute atomic E-state index is 0.246. The molecule has 2 N–H and O–H groups in total. The highest BCUT2D eigenvalue weighted by molar-refractivity contribution is 8.00. The topological polar surface area (TPSA) is 67.4 Å². The van der Waals surface area contributed by atoms with E-state index in [1.807, 2.05) is 30.3 Å².